The molecule has 3 aromatic carbocycles. The summed E-state index contributed by atoms with van der Waals surface area (Å²) in [6, 6.07) is 24.6. The third-order valence-corrected chi connectivity index (χ3v) is 8.45. The van der Waals surface area contributed by atoms with Gasteiger partial charge in [-0.05, 0) is 92.8 Å². The van der Waals surface area contributed by atoms with Crippen molar-refractivity contribution in [3.05, 3.63) is 101 Å². The number of nitrogens with zero attached hydrogens (tertiary/aromatic N) is 1. The zero-order valence-electron chi connectivity index (χ0n) is 22.8. The molecular formula is C34H34N2O4. The van der Waals surface area contributed by atoms with Gasteiger partial charge in [-0.2, -0.15) is 0 Å². The van der Waals surface area contributed by atoms with Crippen LogP contribution in [0.15, 0.2) is 95.6 Å². The van der Waals surface area contributed by atoms with Crippen LogP contribution in [0.5, 0.6) is 5.75 Å². The number of allylic oxidation sites excluding steroid dienone is 2. The molecule has 2 N–H and O–H groups in total. The highest BCUT2D eigenvalue weighted by atomic mass is 16.5. The fourth-order valence-corrected chi connectivity index (χ4v) is 6.55. The number of fused-ring (bicyclic) bond motifs is 3. The summed E-state index contributed by atoms with van der Waals surface area (Å²) < 4.78 is 6.28. The molecular weight excluding hydrogens is 500 g/mol. The smallest absolute Gasteiger partial charge is 0.238 e. The number of carbonyl (C=O) groups excluding carboxylic acids is 2. The van der Waals surface area contributed by atoms with E-state index in [1.165, 1.54) is 21.6 Å². The molecule has 0 spiro atoms. The normalized spacial score (nSPS) is 24.4. The first kappa shape index (κ1) is 26.1. The van der Waals surface area contributed by atoms with Crippen molar-refractivity contribution in [3.8, 4) is 5.75 Å². The highest BCUT2D eigenvalue weighted by Gasteiger charge is 2.56. The zero-order valence-corrected chi connectivity index (χ0v) is 22.8. The predicted octanol–water partition coefficient (Wildman–Crippen LogP) is 6.86. The van der Waals surface area contributed by atoms with Gasteiger partial charge in [-0.1, -0.05) is 47.6 Å². The molecule has 1 aliphatic carbocycles. The van der Waals surface area contributed by atoms with Gasteiger partial charge in [-0.25, -0.2) is 0 Å². The lowest BCUT2D eigenvalue weighted by atomic mass is 9.70. The molecule has 6 heteroatoms. The number of hydrogen-bond donors (Lipinski definition) is 2. The number of para-hydroxylation sites is 1. The number of anilines is 3. The molecule has 0 bridgehead atoms. The lowest BCUT2D eigenvalue weighted by Gasteiger charge is -2.30. The van der Waals surface area contributed by atoms with E-state index < -0.39 is 0 Å². The van der Waals surface area contributed by atoms with Gasteiger partial charge in [-0.3, -0.25) is 14.5 Å². The minimum Gasteiger partial charge on any atom is -0.508 e. The number of aromatic hydroxyl groups is 1. The van der Waals surface area contributed by atoms with Gasteiger partial charge in [0.05, 0.1) is 30.2 Å². The molecule has 0 radical (unpaired) electrons. The molecule has 6 nitrogen and oxygen atoms in total. The van der Waals surface area contributed by atoms with Crippen LogP contribution < -0.4 is 10.2 Å². The van der Waals surface area contributed by atoms with Crippen molar-refractivity contribution in [1.82, 2.24) is 0 Å². The molecule has 2 fully saturated rings. The molecule has 3 aliphatic rings. The summed E-state index contributed by atoms with van der Waals surface area (Å²) in [4.78, 5) is 28.7. The first-order valence-corrected chi connectivity index (χ1v) is 14.0. The number of carbonyl (C=O) groups is 2. The Bertz CT molecular complexity index is 1470. The number of benzene rings is 3. The Morgan fingerprint density at radius 2 is 1.65 bits per heavy atom. The van der Waals surface area contributed by atoms with E-state index in [1.807, 2.05) is 66.7 Å². The van der Waals surface area contributed by atoms with Crippen molar-refractivity contribution in [3.63, 3.8) is 0 Å². The SMILES string of the molecule is CC1=C2[C@@H](CC/C(C)=C/c3ccc(O)cc3)OC[C@@H]2[C@@H]2C(=O)N(c3ccc(Nc4ccccc4)cc3)C(=O)[C@@H]2C1. The summed E-state index contributed by atoms with van der Waals surface area (Å²) in [6.45, 7) is 4.69. The molecule has 2 saturated heterocycles. The number of hydrogen-bond acceptors (Lipinski definition) is 5. The van der Waals surface area contributed by atoms with Gasteiger partial charge in [-0.15, -0.1) is 0 Å². The van der Waals surface area contributed by atoms with Crippen molar-refractivity contribution >= 4 is 35.0 Å². The fourth-order valence-electron chi connectivity index (χ4n) is 6.55. The summed E-state index contributed by atoms with van der Waals surface area (Å²) >= 11 is 0. The second-order valence-corrected chi connectivity index (χ2v) is 11.2. The van der Waals surface area contributed by atoms with E-state index in [-0.39, 0.29) is 41.4 Å². The summed E-state index contributed by atoms with van der Waals surface area (Å²) in [5.74, 6) is -0.706. The maximum absolute atomic E-state index is 13.8. The average molecular weight is 535 g/mol. The molecule has 0 saturated carbocycles. The maximum atomic E-state index is 13.8. The molecule has 2 aliphatic heterocycles. The number of phenolic OH excluding ortho intramolecular Hbond substituents is 1. The summed E-state index contributed by atoms with van der Waals surface area (Å²) in [5.41, 5.74) is 7.19. The van der Waals surface area contributed by atoms with Gasteiger partial charge in [0, 0.05) is 17.3 Å². The van der Waals surface area contributed by atoms with Crippen LogP contribution in [0.3, 0.4) is 0 Å². The molecule has 0 aromatic heterocycles. The van der Waals surface area contributed by atoms with Crippen LogP contribution in [0.4, 0.5) is 17.1 Å². The van der Waals surface area contributed by atoms with E-state index in [0.717, 1.165) is 29.8 Å². The van der Waals surface area contributed by atoms with E-state index >= 15 is 0 Å². The van der Waals surface area contributed by atoms with Gasteiger partial charge in [0.15, 0.2) is 0 Å². The molecule has 4 atom stereocenters. The topological polar surface area (TPSA) is 78.9 Å². The summed E-state index contributed by atoms with van der Waals surface area (Å²) in [7, 11) is 0. The lowest BCUT2D eigenvalue weighted by Crippen LogP contribution is -2.34. The first-order valence-electron chi connectivity index (χ1n) is 14.0. The van der Waals surface area contributed by atoms with Crippen molar-refractivity contribution in [2.75, 3.05) is 16.8 Å². The van der Waals surface area contributed by atoms with Crippen LogP contribution >= 0.6 is 0 Å². The third-order valence-electron chi connectivity index (χ3n) is 8.45. The third kappa shape index (κ3) is 4.95. The van der Waals surface area contributed by atoms with Crippen molar-refractivity contribution in [2.45, 2.75) is 39.2 Å². The highest BCUT2D eigenvalue weighted by molar-refractivity contribution is 6.22. The van der Waals surface area contributed by atoms with Gasteiger partial charge < -0.3 is 15.2 Å². The van der Waals surface area contributed by atoms with Crippen LogP contribution in [0.25, 0.3) is 6.08 Å². The largest absolute Gasteiger partial charge is 0.508 e. The molecule has 40 heavy (non-hydrogen) atoms. The quantitative estimate of drug-likeness (QED) is 0.256. The molecule has 3 aromatic rings. The predicted molar refractivity (Wildman–Crippen MR) is 157 cm³/mol. The van der Waals surface area contributed by atoms with Gasteiger partial charge >= 0.3 is 0 Å². The van der Waals surface area contributed by atoms with Crippen LogP contribution in [-0.4, -0.2) is 29.6 Å². The highest BCUT2D eigenvalue weighted by Crippen LogP contribution is 2.50. The number of phenols is 1. The van der Waals surface area contributed by atoms with E-state index in [1.54, 1.807) is 12.1 Å². The van der Waals surface area contributed by atoms with Crippen LogP contribution in [-0.2, 0) is 14.3 Å². The Hall–Kier alpha value is -4.16. The minimum absolute atomic E-state index is 0.0329. The van der Waals surface area contributed by atoms with Crippen LogP contribution in [0, 0.1) is 17.8 Å². The molecule has 204 valence electrons. The molecule has 2 heterocycles. The van der Waals surface area contributed by atoms with Crippen molar-refractivity contribution < 1.29 is 19.4 Å². The second-order valence-electron chi connectivity index (χ2n) is 11.2. The van der Waals surface area contributed by atoms with E-state index in [2.05, 4.69) is 25.2 Å². The number of amides is 2. The Kier molecular flexibility index (Phi) is 7.03. The van der Waals surface area contributed by atoms with Gasteiger partial charge in [0.2, 0.25) is 11.8 Å². The Morgan fingerprint density at radius 3 is 2.38 bits per heavy atom. The Morgan fingerprint density at radius 1 is 0.950 bits per heavy atom. The number of imide groups is 1. The molecule has 2 amide bonds. The minimum atomic E-state index is -0.369. The zero-order chi connectivity index (χ0) is 27.8. The molecule has 0 unspecified atom stereocenters. The van der Waals surface area contributed by atoms with Crippen molar-refractivity contribution in [2.24, 2.45) is 17.8 Å². The fraction of sp³-hybridized carbons (Fsp3) is 0.294. The summed E-state index contributed by atoms with van der Waals surface area (Å²) in [6.07, 6.45) is 4.40. The standard InChI is InChI=1S/C34H34N2O4/c1-21(18-23-9-15-27(37)16-10-23)8-17-30-31-22(2)19-28-32(29(31)20-40-30)34(39)36(33(28)38)26-13-11-25(12-14-26)35-24-6-4-3-5-7-24/h3-7,9-16,18,28-30,32,35,37H,8,17,19-20H2,1-2H3/b21-18+/t28-,29+,30-,32-/m1/s1. The Balaban J connectivity index is 1.15. The van der Waals surface area contributed by atoms with Gasteiger partial charge in [0.1, 0.15) is 5.75 Å². The van der Waals surface area contributed by atoms with Crippen molar-refractivity contribution in [1.29, 1.82) is 0 Å². The monoisotopic (exact) mass is 534 g/mol. The lowest BCUT2D eigenvalue weighted by molar-refractivity contribution is -0.122. The van der Waals surface area contributed by atoms with E-state index in [4.69, 9.17) is 4.74 Å². The van der Waals surface area contributed by atoms with E-state index in [9.17, 15) is 14.7 Å². The first-order chi connectivity index (χ1) is 19.4. The second kappa shape index (κ2) is 10.8. The van der Waals surface area contributed by atoms with Gasteiger partial charge in [0.25, 0.3) is 0 Å². The van der Waals surface area contributed by atoms with Crippen LogP contribution in [0.1, 0.15) is 38.7 Å². The maximum Gasteiger partial charge on any atom is 0.238 e. The summed E-state index contributed by atoms with van der Waals surface area (Å²) in [5, 5.41) is 12.9. The van der Waals surface area contributed by atoms with E-state index in [0.29, 0.717) is 18.7 Å². The number of ether oxygens (including phenoxy) is 1. The number of nitrogens with one attached hydrogen (secondary N) is 1. The van der Waals surface area contributed by atoms with Crippen LogP contribution in [0.2, 0.25) is 0 Å². The molecule has 6 rings (SSSR count). The Labute approximate surface area is 235 Å². The average Bonchev–Trinajstić information content (AvgIpc) is 3.49. The number of rotatable bonds is 7.